The van der Waals surface area contributed by atoms with Crippen molar-refractivity contribution < 1.29 is 19.4 Å². The number of esters is 1. The van der Waals surface area contributed by atoms with Gasteiger partial charge in [0.2, 0.25) is 0 Å². The Morgan fingerprint density at radius 2 is 2.23 bits per heavy atom. The quantitative estimate of drug-likeness (QED) is 0.710. The second kappa shape index (κ2) is 9.32. The predicted octanol–water partition coefficient (Wildman–Crippen LogP) is 3.56. The smallest absolute Gasteiger partial charge is 0.350 e. The molecule has 2 aromatic rings. The minimum absolute atomic E-state index is 0.0493. The SMILES string of the molecule is CCC(C)COc1ccc(-c2nc(C)c(C(=O)OCCO)s2)cc1C#N. The number of hydrogen-bond donors (Lipinski definition) is 1. The summed E-state index contributed by atoms with van der Waals surface area (Å²) in [6.45, 7) is 6.20. The highest BCUT2D eigenvalue weighted by Gasteiger charge is 2.18. The van der Waals surface area contributed by atoms with Crippen LogP contribution < -0.4 is 4.74 Å². The Kier molecular flexibility index (Phi) is 7.13. The number of carbonyl (C=O) groups excluding carboxylic acids is 1. The minimum Gasteiger partial charge on any atom is -0.492 e. The number of thiazole rings is 1. The number of aromatic nitrogens is 1. The number of aliphatic hydroxyl groups is 1. The van der Waals surface area contributed by atoms with E-state index in [0.717, 1.165) is 12.0 Å². The molecule has 0 spiro atoms. The third-order valence-electron chi connectivity index (χ3n) is 3.87. The van der Waals surface area contributed by atoms with E-state index < -0.39 is 5.97 Å². The fourth-order valence-corrected chi connectivity index (χ4v) is 3.10. The van der Waals surface area contributed by atoms with Crippen LogP contribution in [0.4, 0.5) is 0 Å². The van der Waals surface area contributed by atoms with Gasteiger partial charge in [0, 0.05) is 5.56 Å². The minimum atomic E-state index is -0.505. The predicted molar refractivity (Wildman–Crippen MR) is 99.3 cm³/mol. The molecule has 0 saturated carbocycles. The highest BCUT2D eigenvalue weighted by molar-refractivity contribution is 7.17. The molecule has 0 aliphatic heterocycles. The lowest BCUT2D eigenvalue weighted by molar-refractivity contribution is 0.0438. The van der Waals surface area contributed by atoms with Gasteiger partial charge in [0.25, 0.3) is 0 Å². The number of aryl methyl sites for hydroxylation is 1. The van der Waals surface area contributed by atoms with Crippen LogP contribution in [0.25, 0.3) is 10.6 Å². The summed E-state index contributed by atoms with van der Waals surface area (Å²) in [5, 5.41) is 18.8. The van der Waals surface area contributed by atoms with Crippen LogP contribution in [0.2, 0.25) is 0 Å². The molecular weight excluding hydrogens is 352 g/mol. The van der Waals surface area contributed by atoms with Crippen LogP contribution in [0, 0.1) is 24.2 Å². The molecule has 138 valence electrons. The Bertz CT molecular complexity index is 810. The number of rotatable bonds is 8. The third-order valence-corrected chi connectivity index (χ3v) is 5.06. The van der Waals surface area contributed by atoms with Gasteiger partial charge in [0.05, 0.1) is 24.5 Å². The van der Waals surface area contributed by atoms with E-state index in [0.29, 0.717) is 39.4 Å². The van der Waals surface area contributed by atoms with Gasteiger partial charge in [-0.15, -0.1) is 11.3 Å². The number of carbonyl (C=O) groups is 1. The first-order valence-electron chi connectivity index (χ1n) is 8.42. The van der Waals surface area contributed by atoms with Gasteiger partial charge in [-0.3, -0.25) is 0 Å². The van der Waals surface area contributed by atoms with Crippen molar-refractivity contribution in [1.29, 1.82) is 5.26 Å². The van der Waals surface area contributed by atoms with Crippen molar-refractivity contribution in [2.24, 2.45) is 5.92 Å². The molecule has 0 aliphatic carbocycles. The number of nitriles is 1. The molecule has 7 heteroatoms. The Morgan fingerprint density at radius 1 is 1.46 bits per heavy atom. The van der Waals surface area contributed by atoms with Crippen molar-refractivity contribution in [2.45, 2.75) is 27.2 Å². The van der Waals surface area contributed by atoms with Crippen LogP contribution in [0.3, 0.4) is 0 Å². The Balaban J connectivity index is 2.24. The van der Waals surface area contributed by atoms with Crippen molar-refractivity contribution in [2.75, 3.05) is 19.8 Å². The fraction of sp³-hybridized carbons (Fsp3) is 0.421. The van der Waals surface area contributed by atoms with Crippen molar-refractivity contribution in [3.63, 3.8) is 0 Å². The number of aliphatic hydroxyl groups excluding tert-OH is 1. The maximum atomic E-state index is 12.0. The zero-order valence-electron chi connectivity index (χ0n) is 15.1. The van der Waals surface area contributed by atoms with E-state index >= 15 is 0 Å². The van der Waals surface area contributed by atoms with E-state index in [2.05, 4.69) is 24.9 Å². The van der Waals surface area contributed by atoms with Crippen molar-refractivity contribution in [3.8, 4) is 22.4 Å². The van der Waals surface area contributed by atoms with Gasteiger partial charge < -0.3 is 14.6 Å². The van der Waals surface area contributed by atoms with Crippen molar-refractivity contribution in [3.05, 3.63) is 34.3 Å². The normalized spacial score (nSPS) is 11.7. The van der Waals surface area contributed by atoms with E-state index in [1.165, 1.54) is 11.3 Å². The van der Waals surface area contributed by atoms with E-state index in [4.69, 9.17) is 14.6 Å². The summed E-state index contributed by atoms with van der Waals surface area (Å²) in [4.78, 5) is 16.8. The molecule has 0 fully saturated rings. The molecule has 26 heavy (non-hydrogen) atoms. The molecule has 0 aliphatic rings. The molecule has 0 saturated heterocycles. The average Bonchev–Trinajstić information content (AvgIpc) is 3.05. The molecule has 0 radical (unpaired) electrons. The lowest BCUT2D eigenvalue weighted by Gasteiger charge is -2.12. The molecule has 0 amide bonds. The van der Waals surface area contributed by atoms with Gasteiger partial charge in [-0.05, 0) is 31.0 Å². The summed E-state index contributed by atoms with van der Waals surface area (Å²) < 4.78 is 10.7. The molecule has 1 aromatic heterocycles. The van der Waals surface area contributed by atoms with Gasteiger partial charge in [-0.2, -0.15) is 5.26 Å². The molecule has 2 rings (SSSR count). The third kappa shape index (κ3) is 4.81. The summed E-state index contributed by atoms with van der Waals surface area (Å²) in [6, 6.07) is 7.46. The standard InChI is InChI=1S/C19H22N2O4S/c1-4-12(2)11-25-16-6-5-14(9-15(16)10-20)18-21-13(3)17(26-18)19(23)24-8-7-22/h5-6,9,12,22H,4,7-8,11H2,1-3H3. The Labute approximate surface area is 157 Å². The first-order chi connectivity index (χ1) is 12.5. The summed E-state index contributed by atoms with van der Waals surface area (Å²) in [6.07, 6.45) is 1.01. The molecule has 1 aromatic carbocycles. The first kappa shape index (κ1) is 19.9. The van der Waals surface area contributed by atoms with E-state index in [1.54, 1.807) is 19.1 Å². The van der Waals surface area contributed by atoms with Crippen LogP contribution in [0.15, 0.2) is 18.2 Å². The zero-order valence-corrected chi connectivity index (χ0v) is 15.9. The monoisotopic (exact) mass is 374 g/mol. The average molecular weight is 374 g/mol. The van der Waals surface area contributed by atoms with E-state index in [1.807, 2.05) is 6.07 Å². The molecule has 1 N–H and O–H groups in total. The lowest BCUT2D eigenvalue weighted by atomic mass is 10.1. The van der Waals surface area contributed by atoms with Crippen LogP contribution in [-0.4, -0.2) is 35.9 Å². The molecule has 0 bridgehead atoms. The lowest BCUT2D eigenvalue weighted by Crippen LogP contribution is -2.08. The summed E-state index contributed by atoms with van der Waals surface area (Å²) in [7, 11) is 0. The second-order valence-corrected chi connectivity index (χ2v) is 6.94. The molecule has 1 heterocycles. The van der Waals surface area contributed by atoms with Gasteiger partial charge >= 0.3 is 5.97 Å². The molecular formula is C19H22N2O4S. The first-order valence-corrected chi connectivity index (χ1v) is 9.24. The topological polar surface area (TPSA) is 92.4 Å². The maximum Gasteiger partial charge on any atom is 0.350 e. The van der Waals surface area contributed by atoms with Crippen LogP contribution in [0.1, 0.15) is 41.2 Å². The van der Waals surface area contributed by atoms with Crippen LogP contribution in [0.5, 0.6) is 5.75 Å². The number of hydrogen-bond acceptors (Lipinski definition) is 7. The fourth-order valence-electron chi connectivity index (χ4n) is 2.14. The van der Waals surface area contributed by atoms with Crippen molar-refractivity contribution >= 4 is 17.3 Å². The summed E-state index contributed by atoms with van der Waals surface area (Å²) in [5.41, 5.74) is 1.73. The van der Waals surface area contributed by atoms with Gasteiger partial charge in [0.15, 0.2) is 0 Å². The van der Waals surface area contributed by atoms with E-state index in [9.17, 15) is 10.1 Å². The zero-order chi connectivity index (χ0) is 19.1. The van der Waals surface area contributed by atoms with Crippen LogP contribution in [-0.2, 0) is 4.74 Å². The van der Waals surface area contributed by atoms with Gasteiger partial charge in [-0.1, -0.05) is 20.3 Å². The molecule has 1 atom stereocenters. The number of nitrogens with zero attached hydrogens (tertiary/aromatic N) is 2. The Hall–Kier alpha value is -2.43. The highest BCUT2D eigenvalue weighted by atomic mass is 32.1. The second-order valence-electron chi connectivity index (χ2n) is 5.94. The Morgan fingerprint density at radius 3 is 2.88 bits per heavy atom. The number of ether oxygens (including phenoxy) is 2. The summed E-state index contributed by atoms with van der Waals surface area (Å²) in [5.74, 6) is 0.456. The van der Waals surface area contributed by atoms with Crippen molar-refractivity contribution in [1.82, 2.24) is 4.98 Å². The van der Waals surface area contributed by atoms with Gasteiger partial charge in [-0.25, -0.2) is 9.78 Å². The summed E-state index contributed by atoms with van der Waals surface area (Å²) >= 11 is 1.20. The highest BCUT2D eigenvalue weighted by Crippen LogP contribution is 2.31. The number of benzene rings is 1. The van der Waals surface area contributed by atoms with Crippen LogP contribution >= 0.6 is 11.3 Å². The molecule has 6 nitrogen and oxygen atoms in total. The largest absolute Gasteiger partial charge is 0.492 e. The maximum absolute atomic E-state index is 12.0. The van der Waals surface area contributed by atoms with Gasteiger partial charge in [0.1, 0.15) is 28.3 Å². The van der Waals surface area contributed by atoms with E-state index in [-0.39, 0.29) is 13.2 Å². The molecule has 1 unspecified atom stereocenters.